The summed E-state index contributed by atoms with van der Waals surface area (Å²) in [5, 5.41) is 42.3. The molecule has 0 saturated carbocycles. The number of hydrogen-bond acceptors (Lipinski definition) is 8. The van der Waals surface area contributed by atoms with Crippen LogP contribution in [0.15, 0.2) is 0 Å². The molecule has 3 atom stereocenters. The first kappa shape index (κ1) is 51.1. The van der Waals surface area contributed by atoms with E-state index in [0.717, 1.165) is 19.8 Å². The van der Waals surface area contributed by atoms with E-state index in [-0.39, 0.29) is 37.9 Å². The standard InChI is InChI=1S/C20H40O2.C18H27N3O10/c1-2-3-4-5-6-7-8-9-10-11-12-13-14-15-16-17-18-19-20(21)22;1-9(22)3-4-12(17(28)29)20-15(25)8-6-13(18(30)31)21-14(24)7-5-11(16(26)27)19-10(2)23/h2-19H2,1H3,(H,21,22);11-13H,3-8H2,1-2H3,(H,19,23)(H,20,25)(H,21,24)(H,26,27)(H,28,29)(H,30,31)/t;11-,12-,13-/m.0/s1. The van der Waals surface area contributed by atoms with Crippen molar-refractivity contribution in [2.45, 2.75) is 193 Å². The van der Waals surface area contributed by atoms with Crippen LogP contribution in [-0.4, -0.2) is 85.9 Å². The van der Waals surface area contributed by atoms with Gasteiger partial charge in [0.2, 0.25) is 17.7 Å². The molecule has 0 aromatic carbocycles. The highest BCUT2D eigenvalue weighted by molar-refractivity contribution is 5.87. The van der Waals surface area contributed by atoms with E-state index in [2.05, 4.69) is 22.9 Å². The largest absolute Gasteiger partial charge is 0.481 e. The Morgan fingerprint density at radius 2 is 0.717 bits per heavy atom. The summed E-state index contributed by atoms with van der Waals surface area (Å²) in [6, 6.07) is -4.10. The molecule has 0 saturated heterocycles. The quantitative estimate of drug-likeness (QED) is 0.0395. The van der Waals surface area contributed by atoms with Gasteiger partial charge in [-0.15, -0.1) is 0 Å². The van der Waals surface area contributed by atoms with Gasteiger partial charge in [-0.3, -0.25) is 19.2 Å². The SMILES string of the molecule is CC(=O)CC[C@H](NC(=O)CC[C@H](NC(=O)CC[C@H](NC(C)=O)C(=O)O)C(=O)O)C(=O)O.CCCCCCCCCCCCCCCCCCCC(=O)O. The molecule has 0 heterocycles. The molecule has 0 aliphatic carbocycles. The predicted octanol–water partition coefficient (Wildman–Crippen LogP) is 5.76. The highest BCUT2D eigenvalue weighted by Gasteiger charge is 2.25. The monoisotopic (exact) mass is 757 g/mol. The zero-order chi connectivity index (χ0) is 40.4. The minimum Gasteiger partial charge on any atom is -0.481 e. The Hall–Kier alpha value is -4.04. The van der Waals surface area contributed by atoms with Crippen LogP contribution in [0.25, 0.3) is 0 Å². The number of carbonyl (C=O) groups excluding carboxylic acids is 4. The van der Waals surface area contributed by atoms with Crippen molar-refractivity contribution >= 4 is 47.4 Å². The van der Waals surface area contributed by atoms with Crippen LogP contribution in [0, 0.1) is 0 Å². The molecule has 0 radical (unpaired) electrons. The molecule has 0 rings (SSSR count). The Balaban J connectivity index is 0. The van der Waals surface area contributed by atoms with Crippen molar-refractivity contribution in [3.8, 4) is 0 Å². The second-order valence-corrected chi connectivity index (χ2v) is 13.6. The average Bonchev–Trinajstić information content (AvgIpc) is 3.07. The lowest BCUT2D eigenvalue weighted by molar-refractivity contribution is -0.144. The lowest BCUT2D eigenvalue weighted by Gasteiger charge is -2.17. The van der Waals surface area contributed by atoms with Gasteiger partial charge in [-0.25, -0.2) is 14.4 Å². The lowest BCUT2D eigenvalue weighted by Crippen LogP contribution is -2.45. The molecule has 306 valence electrons. The molecule has 0 aliphatic rings. The Morgan fingerprint density at radius 1 is 0.415 bits per heavy atom. The fourth-order valence-electron chi connectivity index (χ4n) is 5.45. The van der Waals surface area contributed by atoms with Gasteiger partial charge in [0.15, 0.2) is 0 Å². The van der Waals surface area contributed by atoms with Crippen molar-refractivity contribution in [3.05, 3.63) is 0 Å². The maximum Gasteiger partial charge on any atom is 0.326 e. The molecule has 15 heteroatoms. The number of carboxylic acids is 4. The maximum atomic E-state index is 11.9. The molecule has 0 bridgehead atoms. The highest BCUT2D eigenvalue weighted by atomic mass is 16.4. The van der Waals surface area contributed by atoms with Crippen LogP contribution in [0.4, 0.5) is 0 Å². The molecule has 3 amide bonds. The molecule has 0 spiro atoms. The summed E-state index contributed by atoms with van der Waals surface area (Å²) in [4.78, 5) is 89.7. The van der Waals surface area contributed by atoms with Gasteiger partial charge in [-0.1, -0.05) is 110 Å². The number of unbranched alkanes of at least 4 members (excludes halogenated alkanes) is 16. The number of Topliss-reactive ketones (excluding diaryl/α,β-unsaturated/α-hetero) is 1. The van der Waals surface area contributed by atoms with Crippen molar-refractivity contribution < 1.29 is 58.8 Å². The molecule has 0 unspecified atom stereocenters. The van der Waals surface area contributed by atoms with Crippen LogP contribution < -0.4 is 16.0 Å². The molecule has 53 heavy (non-hydrogen) atoms. The Bertz CT molecular complexity index is 1100. The molecule has 0 aromatic heterocycles. The third kappa shape index (κ3) is 34.8. The third-order valence-electron chi connectivity index (χ3n) is 8.54. The molecular weight excluding hydrogens is 690 g/mol. The molecule has 0 aromatic rings. The summed E-state index contributed by atoms with van der Waals surface area (Å²) in [6.07, 6.45) is 21.5. The van der Waals surface area contributed by atoms with Crippen LogP contribution in [0.2, 0.25) is 0 Å². The van der Waals surface area contributed by atoms with Crippen LogP contribution >= 0.6 is 0 Å². The van der Waals surface area contributed by atoms with Gasteiger partial charge in [-0.2, -0.15) is 0 Å². The number of nitrogens with one attached hydrogen (secondary N) is 3. The smallest absolute Gasteiger partial charge is 0.326 e. The van der Waals surface area contributed by atoms with Crippen LogP contribution in [0.3, 0.4) is 0 Å². The van der Waals surface area contributed by atoms with Gasteiger partial charge in [0.1, 0.15) is 23.9 Å². The molecule has 7 N–H and O–H groups in total. The van der Waals surface area contributed by atoms with Crippen molar-refractivity contribution in [2.24, 2.45) is 0 Å². The van der Waals surface area contributed by atoms with Gasteiger partial charge < -0.3 is 41.2 Å². The lowest BCUT2D eigenvalue weighted by atomic mass is 10.0. The number of carbonyl (C=O) groups is 8. The van der Waals surface area contributed by atoms with Crippen molar-refractivity contribution in [1.29, 1.82) is 0 Å². The Labute approximate surface area is 314 Å². The molecule has 0 aliphatic heterocycles. The normalized spacial score (nSPS) is 12.3. The summed E-state index contributed by atoms with van der Waals surface area (Å²) in [6.45, 7) is 4.66. The van der Waals surface area contributed by atoms with Crippen molar-refractivity contribution in [3.63, 3.8) is 0 Å². The van der Waals surface area contributed by atoms with E-state index in [9.17, 15) is 43.5 Å². The zero-order valence-electron chi connectivity index (χ0n) is 32.3. The Kier molecular flexibility index (Phi) is 32.5. The highest BCUT2D eigenvalue weighted by Crippen LogP contribution is 2.14. The van der Waals surface area contributed by atoms with Crippen LogP contribution in [0.5, 0.6) is 0 Å². The first-order chi connectivity index (χ1) is 25.1. The second kappa shape index (κ2) is 33.8. The van der Waals surface area contributed by atoms with E-state index in [0.29, 0.717) is 6.42 Å². The molecule has 15 nitrogen and oxygen atoms in total. The second-order valence-electron chi connectivity index (χ2n) is 13.6. The fraction of sp³-hybridized carbons (Fsp3) is 0.789. The average molecular weight is 758 g/mol. The molecule has 0 fully saturated rings. The minimum absolute atomic E-state index is 0.0547. The zero-order valence-corrected chi connectivity index (χ0v) is 32.3. The first-order valence-corrected chi connectivity index (χ1v) is 19.4. The van der Waals surface area contributed by atoms with Gasteiger partial charge in [0, 0.05) is 32.6 Å². The number of rotatable bonds is 33. The minimum atomic E-state index is -1.47. The number of hydrogen-bond donors (Lipinski definition) is 7. The van der Waals surface area contributed by atoms with Gasteiger partial charge in [0.25, 0.3) is 0 Å². The van der Waals surface area contributed by atoms with E-state index >= 15 is 0 Å². The van der Waals surface area contributed by atoms with Crippen molar-refractivity contribution in [1.82, 2.24) is 16.0 Å². The number of carboxylic acid groups (broad SMARTS) is 4. The first-order valence-electron chi connectivity index (χ1n) is 19.4. The van der Waals surface area contributed by atoms with Crippen LogP contribution in [0.1, 0.15) is 175 Å². The van der Waals surface area contributed by atoms with Crippen molar-refractivity contribution in [2.75, 3.05) is 0 Å². The summed E-state index contributed by atoms with van der Waals surface area (Å²) in [5.74, 6) is -7.22. The van der Waals surface area contributed by atoms with Crippen LogP contribution in [-0.2, 0) is 38.4 Å². The summed E-state index contributed by atoms with van der Waals surface area (Å²) in [5.41, 5.74) is 0. The van der Waals surface area contributed by atoms with E-state index in [1.165, 1.54) is 103 Å². The summed E-state index contributed by atoms with van der Waals surface area (Å²) < 4.78 is 0. The predicted molar refractivity (Wildman–Crippen MR) is 199 cm³/mol. The van der Waals surface area contributed by atoms with Gasteiger partial charge >= 0.3 is 23.9 Å². The molecular formula is C38H67N3O12. The Morgan fingerprint density at radius 3 is 1.00 bits per heavy atom. The number of amides is 3. The van der Waals surface area contributed by atoms with E-state index in [1.54, 1.807) is 0 Å². The van der Waals surface area contributed by atoms with E-state index < -0.39 is 66.1 Å². The topological polar surface area (TPSA) is 254 Å². The fourth-order valence-corrected chi connectivity index (χ4v) is 5.45. The van der Waals surface area contributed by atoms with Gasteiger partial charge in [-0.05, 0) is 32.6 Å². The summed E-state index contributed by atoms with van der Waals surface area (Å²) in [7, 11) is 0. The van der Waals surface area contributed by atoms with E-state index in [4.69, 9.17) is 15.3 Å². The number of ketones is 1. The summed E-state index contributed by atoms with van der Waals surface area (Å²) >= 11 is 0. The van der Waals surface area contributed by atoms with E-state index in [1.807, 2.05) is 0 Å². The number of aliphatic carboxylic acids is 4. The third-order valence-corrected chi connectivity index (χ3v) is 8.54. The maximum absolute atomic E-state index is 11.9. The van der Waals surface area contributed by atoms with Gasteiger partial charge in [0.05, 0.1) is 0 Å².